The van der Waals surface area contributed by atoms with Gasteiger partial charge in [0.2, 0.25) is 5.91 Å². The maximum Gasteiger partial charge on any atom is 0.239 e. The van der Waals surface area contributed by atoms with E-state index in [0.29, 0.717) is 24.6 Å². The van der Waals surface area contributed by atoms with Gasteiger partial charge in [-0.2, -0.15) is 5.10 Å². The molecule has 0 radical (unpaired) electrons. The Labute approximate surface area is 145 Å². The number of aromatic nitrogens is 2. The van der Waals surface area contributed by atoms with Crippen LogP contribution in [0.3, 0.4) is 0 Å². The predicted octanol–water partition coefficient (Wildman–Crippen LogP) is 3.94. The van der Waals surface area contributed by atoms with Crippen LogP contribution in [0.2, 0.25) is 0 Å². The number of halogens is 1. The standard InChI is InChI=1S/C18H18ClN3O2/c1-2-24-11-15-18(20-16(23)10-19)17(22-21-15)14-8-7-12-5-3-4-6-13(12)9-14/h3-9H,2,10-11H2,1H3,(H,20,23)(H,21,22). The van der Waals surface area contributed by atoms with Crippen LogP contribution in [0.15, 0.2) is 42.5 Å². The van der Waals surface area contributed by atoms with Crippen LogP contribution >= 0.6 is 11.6 Å². The molecule has 2 N–H and O–H groups in total. The molecule has 24 heavy (non-hydrogen) atoms. The first-order valence-electron chi connectivity index (χ1n) is 7.73. The van der Waals surface area contributed by atoms with Gasteiger partial charge in [-0.3, -0.25) is 9.89 Å². The van der Waals surface area contributed by atoms with Gasteiger partial charge < -0.3 is 10.1 Å². The first-order valence-corrected chi connectivity index (χ1v) is 8.26. The molecule has 1 amide bonds. The van der Waals surface area contributed by atoms with Crippen molar-refractivity contribution in [3.63, 3.8) is 0 Å². The Balaban J connectivity index is 2.04. The van der Waals surface area contributed by atoms with E-state index in [2.05, 4.69) is 21.6 Å². The first kappa shape index (κ1) is 16.5. The van der Waals surface area contributed by atoms with Gasteiger partial charge in [-0.05, 0) is 23.8 Å². The lowest BCUT2D eigenvalue weighted by molar-refractivity contribution is -0.113. The van der Waals surface area contributed by atoms with E-state index < -0.39 is 0 Å². The van der Waals surface area contributed by atoms with Gasteiger partial charge in [0.15, 0.2) is 0 Å². The fraction of sp³-hybridized carbons (Fsp3) is 0.222. The zero-order valence-electron chi connectivity index (χ0n) is 13.3. The summed E-state index contributed by atoms with van der Waals surface area (Å²) in [7, 11) is 0. The number of aromatic amines is 1. The van der Waals surface area contributed by atoms with E-state index in [1.54, 1.807) is 0 Å². The molecule has 0 atom stereocenters. The lowest BCUT2D eigenvalue weighted by Crippen LogP contribution is -2.14. The van der Waals surface area contributed by atoms with Crippen molar-refractivity contribution < 1.29 is 9.53 Å². The summed E-state index contributed by atoms with van der Waals surface area (Å²) in [6.45, 7) is 2.83. The van der Waals surface area contributed by atoms with Crippen LogP contribution in [0.4, 0.5) is 5.69 Å². The smallest absolute Gasteiger partial charge is 0.239 e. The van der Waals surface area contributed by atoms with Crippen molar-refractivity contribution in [2.45, 2.75) is 13.5 Å². The monoisotopic (exact) mass is 343 g/mol. The third kappa shape index (κ3) is 3.42. The molecule has 1 aromatic heterocycles. The van der Waals surface area contributed by atoms with E-state index in [4.69, 9.17) is 16.3 Å². The van der Waals surface area contributed by atoms with Crippen molar-refractivity contribution in [3.8, 4) is 11.3 Å². The number of hydrogen-bond acceptors (Lipinski definition) is 3. The molecule has 0 aliphatic rings. The van der Waals surface area contributed by atoms with E-state index in [-0.39, 0.29) is 11.8 Å². The van der Waals surface area contributed by atoms with Crippen LogP contribution in [0.1, 0.15) is 12.6 Å². The largest absolute Gasteiger partial charge is 0.375 e. The lowest BCUT2D eigenvalue weighted by atomic mass is 10.0. The number of ether oxygens (including phenoxy) is 1. The van der Waals surface area contributed by atoms with Crippen LogP contribution in [0, 0.1) is 0 Å². The Morgan fingerprint density at radius 3 is 2.79 bits per heavy atom. The van der Waals surface area contributed by atoms with Crippen LogP contribution < -0.4 is 5.32 Å². The van der Waals surface area contributed by atoms with Crippen molar-refractivity contribution in [1.29, 1.82) is 0 Å². The topological polar surface area (TPSA) is 67.0 Å². The number of carbonyl (C=O) groups is 1. The molecule has 2 aromatic carbocycles. The SMILES string of the molecule is CCOCc1[nH]nc(-c2ccc3ccccc3c2)c1NC(=O)CCl. The Morgan fingerprint density at radius 2 is 2.04 bits per heavy atom. The van der Waals surface area contributed by atoms with Crippen LogP contribution in [-0.4, -0.2) is 28.6 Å². The van der Waals surface area contributed by atoms with E-state index in [1.807, 2.05) is 43.3 Å². The van der Waals surface area contributed by atoms with E-state index in [9.17, 15) is 4.79 Å². The Kier molecular flexibility index (Phi) is 5.13. The molecule has 0 unspecified atom stereocenters. The van der Waals surface area contributed by atoms with Gasteiger partial charge in [0.1, 0.15) is 11.6 Å². The van der Waals surface area contributed by atoms with Gasteiger partial charge in [-0.25, -0.2) is 0 Å². The number of rotatable bonds is 6. The predicted molar refractivity (Wildman–Crippen MR) is 96.2 cm³/mol. The minimum absolute atomic E-state index is 0.115. The molecule has 0 spiro atoms. The second kappa shape index (κ2) is 7.47. The maximum absolute atomic E-state index is 11.8. The normalized spacial score (nSPS) is 10.9. The van der Waals surface area contributed by atoms with Crippen molar-refractivity contribution in [3.05, 3.63) is 48.2 Å². The molecule has 0 aliphatic carbocycles. The zero-order valence-corrected chi connectivity index (χ0v) is 14.1. The molecule has 0 saturated heterocycles. The van der Waals surface area contributed by atoms with Crippen molar-refractivity contribution in [2.75, 3.05) is 17.8 Å². The number of nitrogens with one attached hydrogen (secondary N) is 2. The fourth-order valence-corrected chi connectivity index (χ4v) is 2.61. The van der Waals surface area contributed by atoms with E-state index in [1.165, 1.54) is 0 Å². The molecular weight excluding hydrogens is 326 g/mol. The zero-order chi connectivity index (χ0) is 16.9. The van der Waals surface area contributed by atoms with Crippen LogP contribution in [0.25, 0.3) is 22.0 Å². The molecule has 0 bridgehead atoms. The summed E-state index contributed by atoms with van der Waals surface area (Å²) >= 11 is 5.63. The molecule has 1 heterocycles. The Hall–Kier alpha value is -2.37. The van der Waals surface area contributed by atoms with Gasteiger partial charge in [-0.1, -0.05) is 36.4 Å². The summed E-state index contributed by atoms with van der Waals surface area (Å²) in [5.41, 5.74) is 2.93. The number of nitrogens with zero attached hydrogens (tertiary/aromatic N) is 1. The summed E-state index contributed by atoms with van der Waals surface area (Å²) in [5, 5.41) is 12.4. The van der Waals surface area contributed by atoms with Gasteiger partial charge in [0.25, 0.3) is 0 Å². The second-order valence-corrected chi connectivity index (χ2v) is 5.57. The van der Waals surface area contributed by atoms with Crippen molar-refractivity contribution in [2.24, 2.45) is 0 Å². The highest BCUT2D eigenvalue weighted by atomic mass is 35.5. The van der Waals surface area contributed by atoms with Crippen LogP contribution in [0.5, 0.6) is 0 Å². The molecule has 3 aromatic rings. The highest BCUT2D eigenvalue weighted by molar-refractivity contribution is 6.29. The minimum Gasteiger partial charge on any atom is -0.375 e. The van der Waals surface area contributed by atoms with Crippen molar-refractivity contribution in [1.82, 2.24) is 10.2 Å². The van der Waals surface area contributed by atoms with Gasteiger partial charge in [0.05, 0.1) is 18.0 Å². The lowest BCUT2D eigenvalue weighted by Gasteiger charge is -2.08. The number of H-pyrrole nitrogens is 1. The number of fused-ring (bicyclic) bond motifs is 1. The fourth-order valence-electron chi connectivity index (χ4n) is 2.54. The molecule has 0 fully saturated rings. The van der Waals surface area contributed by atoms with Crippen molar-refractivity contribution >= 4 is 34.0 Å². The summed E-state index contributed by atoms with van der Waals surface area (Å²) in [5.74, 6) is -0.394. The van der Waals surface area contributed by atoms with Gasteiger partial charge >= 0.3 is 0 Å². The number of carbonyl (C=O) groups excluding carboxylic acids is 1. The minimum atomic E-state index is -0.280. The number of benzene rings is 2. The van der Waals surface area contributed by atoms with Crippen LogP contribution in [-0.2, 0) is 16.1 Å². The maximum atomic E-state index is 11.8. The van der Waals surface area contributed by atoms with E-state index in [0.717, 1.165) is 22.0 Å². The summed E-state index contributed by atoms with van der Waals surface area (Å²) in [6, 6.07) is 14.2. The molecular formula is C18H18ClN3O2. The number of hydrogen-bond donors (Lipinski definition) is 2. The molecule has 6 heteroatoms. The van der Waals surface area contributed by atoms with Gasteiger partial charge in [-0.15, -0.1) is 11.6 Å². The second-order valence-electron chi connectivity index (χ2n) is 5.31. The number of anilines is 1. The van der Waals surface area contributed by atoms with Gasteiger partial charge in [0, 0.05) is 12.2 Å². The third-order valence-corrected chi connectivity index (χ3v) is 3.94. The third-order valence-electron chi connectivity index (χ3n) is 3.70. The number of alkyl halides is 1. The first-order chi connectivity index (χ1) is 11.7. The van der Waals surface area contributed by atoms with E-state index >= 15 is 0 Å². The molecule has 124 valence electrons. The Bertz CT molecular complexity index is 860. The molecule has 0 saturated carbocycles. The Morgan fingerprint density at radius 1 is 1.25 bits per heavy atom. The quantitative estimate of drug-likeness (QED) is 0.666. The molecule has 5 nitrogen and oxygen atoms in total. The summed E-state index contributed by atoms with van der Waals surface area (Å²) < 4.78 is 5.44. The molecule has 0 aliphatic heterocycles. The highest BCUT2D eigenvalue weighted by Gasteiger charge is 2.17. The average molecular weight is 344 g/mol. The number of amides is 1. The summed E-state index contributed by atoms with van der Waals surface area (Å²) in [6.07, 6.45) is 0. The highest BCUT2D eigenvalue weighted by Crippen LogP contribution is 2.31. The summed E-state index contributed by atoms with van der Waals surface area (Å²) in [4.78, 5) is 11.8. The molecule has 3 rings (SSSR count). The average Bonchev–Trinajstić information content (AvgIpc) is 3.01.